The lowest BCUT2D eigenvalue weighted by Crippen LogP contribution is -2.44. The van der Waals surface area contributed by atoms with E-state index >= 15 is 0 Å². The van der Waals surface area contributed by atoms with Gasteiger partial charge in [-0.25, -0.2) is 0 Å². The van der Waals surface area contributed by atoms with E-state index in [-0.39, 0.29) is 6.29 Å². The number of hydrogen-bond acceptors (Lipinski definition) is 4. The molecule has 0 N–H and O–H groups in total. The summed E-state index contributed by atoms with van der Waals surface area (Å²) in [7, 11) is 2.14. The second-order valence-corrected chi connectivity index (χ2v) is 4.70. The van der Waals surface area contributed by atoms with E-state index in [0.29, 0.717) is 13.2 Å². The summed E-state index contributed by atoms with van der Waals surface area (Å²) in [4.78, 5) is 4.65. The molecule has 0 saturated carbocycles. The molecule has 4 nitrogen and oxygen atoms in total. The molecule has 0 fully saturated rings. The van der Waals surface area contributed by atoms with E-state index < -0.39 is 0 Å². The molecule has 1 heterocycles. The van der Waals surface area contributed by atoms with Crippen molar-refractivity contribution >= 4 is 11.4 Å². The van der Waals surface area contributed by atoms with E-state index in [1.807, 2.05) is 13.8 Å². The Kier molecular flexibility index (Phi) is 5.05. The Bertz CT molecular complexity index is 391. The van der Waals surface area contributed by atoms with Crippen LogP contribution in [0.25, 0.3) is 0 Å². The molecule has 0 aliphatic carbocycles. The first-order valence-corrected chi connectivity index (χ1v) is 7.04. The molecule has 1 aromatic carbocycles. The van der Waals surface area contributed by atoms with Gasteiger partial charge in [0.05, 0.1) is 17.9 Å². The third-order valence-corrected chi connectivity index (χ3v) is 3.41. The van der Waals surface area contributed by atoms with Crippen molar-refractivity contribution in [2.24, 2.45) is 0 Å². The zero-order valence-electron chi connectivity index (χ0n) is 12.1. The molecule has 0 radical (unpaired) electrons. The lowest BCUT2D eigenvalue weighted by atomic mass is 10.2. The van der Waals surface area contributed by atoms with Gasteiger partial charge >= 0.3 is 0 Å². The first-order chi connectivity index (χ1) is 9.26. The summed E-state index contributed by atoms with van der Waals surface area (Å²) in [6, 6.07) is 8.50. The van der Waals surface area contributed by atoms with E-state index in [1.54, 1.807) is 0 Å². The molecule has 0 aromatic heterocycles. The van der Waals surface area contributed by atoms with E-state index in [2.05, 4.69) is 41.1 Å². The Morgan fingerprint density at radius 2 is 1.68 bits per heavy atom. The van der Waals surface area contributed by atoms with Crippen molar-refractivity contribution in [1.82, 2.24) is 0 Å². The summed E-state index contributed by atoms with van der Waals surface area (Å²) in [6.45, 7) is 8.19. The number of benzene rings is 1. The van der Waals surface area contributed by atoms with Crippen LogP contribution < -0.4 is 9.80 Å². The van der Waals surface area contributed by atoms with Crippen LogP contribution in [0.3, 0.4) is 0 Å². The SMILES string of the molecule is CCOC(CN1CCN(C)c2ccccc21)OCC. The van der Waals surface area contributed by atoms with Gasteiger partial charge in [-0.2, -0.15) is 0 Å². The Morgan fingerprint density at radius 1 is 1.05 bits per heavy atom. The highest BCUT2D eigenvalue weighted by Crippen LogP contribution is 2.31. The topological polar surface area (TPSA) is 24.9 Å². The second kappa shape index (κ2) is 6.78. The molecule has 0 atom stereocenters. The fourth-order valence-electron chi connectivity index (χ4n) is 2.46. The summed E-state index contributed by atoms with van der Waals surface area (Å²) in [5.41, 5.74) is 2.54. The normalized spacial score (nSPS) is 14.9. The van der Waals surface area contributed by atoms with Gasteiger partial charge in [0.25, 0.3) is 0 Å². The standard InChI is InChI=1S/C15H24N2O2/c1-4-18-15(19-5-2)12-17-11-10-16(3)13-8-6-7-9-14(13)17/h6-9,15H,4-5,10-12H2,1-3H3. The predicted octanol–water partition coefficient (Wildman–Crippen LogP) is 2.34. The van der Waals surface area contributed by atoms with Gasteiger partial charge in [-0.05, 0) is 26.0 Å². The molecule has 106 valence electrons. The molecule has 1 aromatic rings. The third kappa shape index (κ3) is 3.39. The van der Waals surface area contributed by atoms with Gasteiger partial charge < -0.3 is 19.3 Å². The summed E-state index contributed by atoms with van der Waals surface area (Å²) >= 11 is 0. The minimum Gasteiger partial charge on any atom is -0.371 e. The number of rotatable bonds is 6. The van der Waals surface area contributed by atoms with Crippen LogP contribution in [0.5, 0.6) is 0 Å². The van der Waals surface area contributed by atoms with Crippen molar-refractivity contribution < 1.29 is 9.47 Å². The lowest BCUT2D eigenvalue weighted by molar-refractivity contribution is -0.129. The Balaban J connectivity index is 2.10. The van der Waals surface area contributed by atoms with E-state index in [1.165, 1.54) is 11.4 Å². The van der Waals surface area contributed by atoms with Crippen molar-refractivity contribution in [2.75, 3.05) is 49.7 Å². The van der Waals surface area contributed by atoms with Crippen LogP contribution in [0, 0.1) is 0 Å². The fraction of sp³-hybridized carbons (Fsp3) is 0.600. The van der Waals surface area contributed by atoms with Crippen LogP contribution in [0.4, 0.5) is 11.4 Å². The average Bonchev–Trinajstić information content (AvgIpc) is 2.43. The van der Waals surface area contributed by atoms with E-state index in [4.69, 9.17) is 9.47 Å². The maximum Gasteiger partial charge on any atom is 0.174 e. The van der Waals surface area contributed by atoms with Crippen LogP contribution in [-0.2, 0) is 9.47 Å². The van der Waals surface area contributed by atoms with E-state index in [9.17, 15) is 0 Å². The number of fused-ring (bicyclic) bond motifs is 1. The molecule has 19 heavy (non-hydrogen) atoms. The predicted molar refractivity (Wildman–Crippen MR) is 79.0 cm³/mol. The number of para-hydroxylation sites is 2. The third-order valence-electron chi connectivity index (χ3n) is 3.41. The van der Waals surface area contributed by atoms with Gasteiger partial charge in [0.1, 0.15) is 0 Å². The number of nitrogens with zero attached hydrogens (tertiary/aromatic N) is 2. The monoisotopic (exact) mass is 264 g/mol. The van der Waals surface area contributed by atoms with Gasteiger partial charge in [0, 0.05) is 33.4 Å². The molecule has 0 spiro atoms. The number of anilines is 2. The smallest absolute Gasteiger partial charge is 0.174 e. The Hall–Kier alpha value is -1.26. The molecule has 1 aliphatic rings. The summed E-state index contributed by atoms with van der Waals surface area (Å²) in [5.74, 6) is 0. The first kappa shape index (κ1) is 14.2. The molecule has 0 amide bonds. The van der Waals surface area contributed by atoms with Crippen LogP contribution in [-0.4, -0.2) is 46.2 Å². The lowest BCUT2D eigenvalue weighted by Gasteiger charge is -2.38. The molecular weight excluding hydrogens is 240 g/mol. The van der Waals surface area contributed by atoms with Crippen LogP contribution in [0.15, 0.2) is 24.3 Å². The molecule has 4 heteroatoms. The maximum atomic E-state index is 5.65. The van der Waals surface area contributed by atoms with Crippen LogP contribution in [0.1, 0.15) is 13.8 Å². The Labute approximate surface area is 115 Å². The van der Waals surface area contributed by atoms with Crippen molar-refractivity contribution in [3.63, 3.8) is 0 Å². The zero-order chi connectivity index (χ0) is 13.7. The fourth-order valence-corrected chi connectivity index (χ4v) is 2.46. The molecule has 1 aliphatic heterocycles. The summed E-state index contributed by atoms with van der Waals surface area (Å²) in [5, 5.41) is 0. The van der Waals surface area contributed by atoms with Gasteiger partial charge in [-0.3, -0.25) is 0 Å². The number of hydrogen-bond donors (Lipinski definition) is 0. The maximum absolute atomic E-state index is 5.65. The van der Waals surface area contributed by atoms with Gasteiger partial charge in [-0.15, -0.1) is 0 Å². The molecule has 0 saturated heterocycles. The van der Waals surface area contributed by atoms with Crippen LogP contribution >= 0.6 is 0 Å². The molecular formula is C15H24N2O2. The minimum atomic E-state index is -0.147. The number of ether oxygens (including phenoxy) is 2. The van der Waals surface area contributed by atoms with E-state index in [0.717, 1.165) is 19.6 Å². The van der Waals surface area contributed by atoms with Gasteiger partial charge in [0.15, 0.2) is 6.29 Å². The van der Waals surface area contributed by atoms with Gasteiger partial charge in [-0.1, -0.05) is 12.1 Å². The largest absolute Gasteiger partial charge is 0.371 e. The number of likely N-dealkylation sites (N-methyl/N-ethyl adjacent to an activating group) is 1. The van der Waals surface area contributed by atoms with Crippen molar-refractivity contribution in [3.8, 4) is 0 Å². The zero-order valence-corrected chi connectivity index (χ0v) is 12.1. The summed E-state index contributed by atoms with van der Waals surface area (Å²) < 4.78 is 11.3. The van der Waals surface area contributed by atoms with Crippen LogP contribution in [0.2, 0.25) is 0 Å². The molecule has 0 unspecified atom stereocenters. The highest BCUT2D eigenvalue weighted by Gasteiger charge is 2.22. The van der Waals surface area contributed by atoms with Crippen molar-refractivity contribution in [1.29, 1.82) is 0 Å². The molecule has 2 rings (SSSR count). The highest BCUT2D eigenvalue weighted by atomic mass is 16.7. The Morgan fingerprint density at radius 3 is 2.32 bits per heavy atom. The summed E-state index contributed by atoms with van der Waals surface area (Å²) in [6.07, 6.45) is -0.147. The average molecular weight is 264 g/mol. The minimum absolute atomic E-state index is 0.147. The van der Waals surface area contributed by atoms with Gasteiger partial charge in [0.2, 0.25) is 0 Å². The molecule has 0 bridgehead atoms. The highest BCUT2D eigenvalue weighted by molar-refractivity contribution is 5.73. The first-order valence-electron chi connectivity index (χ1n) is 7.04. The van der Waals surface area contributed by atoms with Crippen molar-refractivity contribution in [3.05, 3.63) is 24.3 Å². The van der Waals surface area contributed by atoms with Crippen molar-refractivity contribution in [2.45, 2.75) is 20.1 Å². The second-order valence-electron chi connectivity index (χ2n) is 4.70. The quantitative estimate of drug-likeness (QED) is 0.736.